The molecule has 0 aliphatic rings. The van der Waals surface area contributed by atoms with E-state index in [1.165, 1.54) is 4.90 Å². The van der Waals surface area contributed by atoms with E-state index in [-0.39, 0.29) is 13.1 Å². The van der Waals surface area contributed by atoms with E-state index in [1.54, 1.807) is 0 Å². The molecule has 3 N–H and O–H groups in total. The molecule has 2 aromatic rings. The fraction of sp³-hybridized carbons (Fsp3) is 0.200. The van der Waals surface area contributed by atoms with Crippen molar-refractivity contribution in [2.75, 3.05) is 13.1 Å². The molecule has 0 heterocycles. The summed E-state index contributed by atoms with van der Waals surface area (Å²) in [5.74, 6) is -1.52. The molecule has 0 atom stereocenters. The highest BCUT2D eigenvalue weighted by Crippen LogP contribution is 2.19. The van der Waals surface area contributed by atoms with E-state index in [4.69, 9.17) is 10.8 Å². The van der Waals surface area contributed by atoms with Gasteiger partial charge in [-0.1, -0.05) is 42.5 Å². The summed E-state index contributed by atoms with van der Waals surface area (Å²) in [6, 6.07) is 13.7. The number of nitrogens with zero attached hydrogens (tertiary/aromatic N) is 1. The van der Waals surface area contributed by atoms with Crippen molar-refractivity contribution in [3.8, 4) is 0 Å². The Morgan fingerprint density at radius 1 is 1.05 bits per heavy atom. The van der Waals surface area contributed by atoms with Crippen LogP contribution in [0.25, 0.3) is 10.8 Å². The lowest BCUT2D eigenvalue weighted by atomic mass is 10.0. The average molecular weight is 272 g/mol. The van der Waals surface area contributed by atoms with Gasteiger partial charge in [0.15, 0.2) is 0 Å². The maximum Gasteiger partial charge on any atom is 0.317 e. The number of fused-ring (bicyclic) bond motifs is 1. The predicted molar refractivity (Wildman–Crippen MR) is 76.1 cm³/mol. The highest BCUT2D eigenvalue weighted by molar-refractivity contribution is 5.85. The third kappa shape index (κ3) is 3.55. The first-order valence-electron chi connectivity index (χ1n) is 6.25. The number of aliphatic carboxylic acids is 1. The predicted octanol–water partition coefficient (Wildman–Crippen LogP) is 1.21. The maximum atomic E-state index is 11.0. The Morgan fingerprint density at radius 3 is 2.45 bits per heavy atom. The summed E-state index contributed by atoms with van der Waals surface area (Å²) >= 11 is 0. The summed E-state index contributed by atoms with van der Waals surface area (Å²) in [7, 11) is 0. The average Bonchev–Trinajstić information content (AvgIpc) is 2.37. The van der Waals surface area contributed by atoms with Crippen LogP contribution < -0.4 is 5.73 Å². The van der Waals surface area contributed by atoms with Crippen molar-refractivity contribution in [1.82, 2.24) is 4.90 Å². The Balaban J connectivity index is 2.27. The van der Waals surface area contributed by atoms with E-state index in [9.17, 15) is 9.59 Å². The van der Waals surface area contributed by atoms with Crippen LogP contribution in [-0.4, -0.2) is 35.0 Å². The molecule has 0 fully saturated rings. The molecule has 5 nitrogen and oxygen atoms in total. The first-order chi connectivity index (χ1) is 9.56. The van der Waals surface area contributed by atoms with Gasteiger partial charge in [-0.15, -0.1) is 0 Å². The monoisotopic (exact) mass is 272 g/mol. The van der Waals surface area contributed by atoms with Gasteiger partial charge in [0, 0.05) is 6.54 Å². The van der Waals surface area contributed by atoms with E-state index >= 15 is 0 Å². The maximum absolute atomic E-state index is 11.0. The highest BCUT2D eigenvalue weighted by atomic mass is 16.4. The number of hydrogen-bond acceptors (Lipinski definition) is 3. The number of carboxylic acid groups (broad SMARTS) is 1. The Labute approximate surface area is 116 Å². The number of carbonyl (C=O) groups excluding carboxylic acids is 1. The topological polar surface area (TPSA) is 83.6 Å². The number of amides is 1. The van der Waals surface area contributed by atoms with Crippen LogP contribution >= 0.6 is 0 Å². The van der Waals surface area contributed by atoms with Crippen molar-refractivity contribution in [2.45, 2.75) is 6.54 Å². The van der Waals surface area contributed by atoms with Crippen molar-refractivity contribution >= 4 is 22.6 Å². The van der Waals surface area contributed by atoms with Crippen molar-refractivity contribution in [1.29, 1.82) is 0 Å². The van der Waals surface area contributed by atoms with Crippen LogP contribution in [-0.2, 0) is 16.1 Å². The van der Waals surface area contributed by atoms with Crippen LogP contribution in [0.3, 0.4) is 0 Å². The lowest BCUT2D eigenvalue weighted by Gasteiger charge is -2.19. The number of carbonyl (C=O) groups is 2. The summed E-state index contributed by atoms with van der Waals surface area (Å²) in [5.41, 5.74) is 6.14. The minimum absolute atomic E-state index is 0.0739. The molecule has 0 saturated heterocycles. The third-order valence-corrected chi connectivity index (χ3v) is 3.01. The largest absolute Gasteiger partial charge is 0.480 e. The van der Waals surface area contributed by atoms with Crippen molar-refractivity contribution < 1.29 is 14.7 Å². The summed E-state index contributed by atoms with van der Waals surface area (Å²) in [6.07, 6.45) is 0. The van der Waals surface area contributed by atoms with Gasteiger partial charge in [0.25, 0.3) is 0 Å². The minimum atomic E-state index is -0.980. The molecule has 2 aromatic carbocycles. The van der Waals surface area contributed by atoms with Crippen LogP contribution in [0.1, 0.15) is 5.56 Å². The van der Waals surface area contributed by atoms with Gasteiger partial charge in [-0.25, -0.2) is 0 Å². The number of nitrogens with two attached hydrogens (primary N) is 1. The molecule has 5 heteroatoms. The molecule has 2 rings (SSSR count). The molecule has 104 valence electrons. The first-order valence-corrected chi connectivity index (χ1v) is 6.25. The van der Waals surface area contributed by atoms with Crippen molar-refractivity contribution in [2.24, 2.45) is 5.73 Å². The standard InChI is InChI=1S/C15H16N2O3/c16-14(18)9-17(10-15(19)20)8-12-6-3-5-11-4-1-2-7-13(11)12/h1-7H,8-10H2,(H2,16,18)(H,19,20). The number of primary amides is 1. The molecule has 1 amide bonds. The molecule has 0 aliphatic heterocycles. The molecule has 0 unspecified atom stereocenters. The fourth-order valence-electron chi connectivity index (χ4n) is 2.25. The quantitative estimate of drug-likeness (QED) is 0.828. The number of carboxylic acids is 1. The van der Waals surface area contributed by atoms with Gasteiger partial charge in [-0.2, -0.15) is 0 Å². The van der Waals surface area contributed by atoms with Crippen LogP contribution in [0.15, 0.2) is 42.5 Å². The lowest BCUT2D eigenvalue weighted by molar-refractivity contribution is -0.138. The zero-order valence-electron chi connectivity index (χ0n) is 11.0. The highest BCUT2D eigenvalue weighted by Gasteiger charge is 2.14. The number of rotatable bonds is 6. The van der Waals surface area contributed by atoms with E-state index in [0.717, 1.165) is 16.3 Å². The van der Waals surface area contributed by atoms with Gasteiger partial charge in [-0.05, 0) is 16.3 Å². The third-order valence-electron chi connectivity index (χ3n) is 3.01. The molecule has 0 spiro atoms. The van der Waals surface area contributed by atoms with E-state index in [1.807, 2.05) is 42.5 Å². The van der Waals surface area contributed by atoms with E-state index in [2.05, 4.69) is 0 Å². The number of hydrogen-bond donors (Lipinski definition) is 2. The van der Waals surface area contributed by atoms with Gasteiger partial charge in [0.2, 0.25) is 5.91 Å². The molecule has 0 bridgehead atoms. The molecule has 0 aliphatic carbocycles. The van der Waals surface area contributed by atoms with Gasteiger partial charge >= 0.3 is 5.97 Å². The molecular weight excluding hydrogens is 256 g/mol. The van der Waals surface area contributed by atoms with Crippen LogP contribution in [0.2, 0.25) is 0 Å². The summed E-state index contributed by atoms with van der Waals surface area (Å²) in [4.78, 5) is 23.4. The van der Waals surface area contributed by atoms with Gasteiger partial charge in [0.1, 0.15) is 0 Å². The summed E-state index contributed by atoms with van der Waals surface area (Å²) in [6.45, 7) is 0.0816. The normalized spacial score (nSPS) is 10.8. The molecule has 0 aromatic heterocycles. The first kappa shape index (κ1) is 14.0. The molecule has 0 radical (unpaired) electrons. The second kappa shape index (κ2) is 6.16. The molecule has 0 saturated carbocycles. The van der Waals surface area contributed by atoms with Crippen LogP contribution in [0, 0.1) is 0 Å². The Kier molecular flexibility index (Phi) is 4.32. The zero-order valence-corrected chi connectivity index (χ0v) is 11.0. The SMILES string of the molecule is NC(=O)CN(CC(=O)O)Cc1cccc2ccccc12. The van der Waals surface area contributed by atoms with E-state index in [0.29, 0.717) is 6.54 Å². The van der Waals surface area contributed by atoms with Crippen LogP contribution in [0.5, 0.6) is 0 Å². The zero-order chi connectivity index (χ0) is 14.5. The van der Waals surface area contributed by atoms with E-state index < -0.39 is 11.9 Å². The van der Waals surface area contributed by atoms with Gasteiger partial charge in [0.05, 0.1) is 13.1 Å². The van der Waals surface area contributed by atoms with Crippen molar-refractivity contribution in [3.05, 3.63) is 48.0 Å². The van der Waals surface area contributed by atoms with Crippen molar-refractivity contribution in [3.63, 3.8) is 0 Å². The van der Waals surface area contributed by atoms with Crippen LogP contribution in [0.4, 0.5) is 0 Å². The second-order valence-corrected chi connectivity index (χ2v) is 4.64. The lowest BCUT2D eigenvalue weighted by Crippen LogP contribution is -2.36. The Hall–Kier alpha value is -2.40. The second-order valence-electron chi connectivity index (χ2n) is 4.64. The Bertz CT molecular complexity index is 619. The summed E-state index contributed by atoms with van der Waals surface area (Å²) in [5, 5.41) is 11.0. The Morgan fingerprint density at radius 2 is 1.75 bits per heavy atom. The smallest absolute Gasteiger partial charge is 0.317 e. The molecular formula is C15H16N2O3. The number of benzene rings is 2. The molecule has 20 heavy (non-hydrogen) atoms. The summed E-state index contributed by atoms with van der Waals surface area (Å²) < 4.78 is 0. The van der Waals surface area contributed by atoms with Gasteiger partial charge < -0.3 is 10.8 Å². The minimum Gasteiger partial charge on any atom is -0.480 e. The fourth-order valence-corrected chi connectivity index (χ4v) is 2.25. The van der Waals surface area contributed by atoms with Gasteiger partial charge in [-0.3, -0.25) is 14.5 Å².